The Labute approximate surface area is 119 Å². The lowest BCUT2D eigenvalue weighted by molar-refractivity contribution is -0.141. The summed E-state index contributed by atoms with van der Waals surface area (Å²) in [6, 6.07) is 1.90. The molecule has 0 amide bonds. The van der Waals surface area contributed by atoms with Gasteiger partial charge >= 0.3 is 6.18 Å². The topological polar surface area (TPSA) is 81.2 Å². The number of hydrogen-bond donors (Lipinski definition) is 2. The van der Waals surface area contributed by atoms with E-state index in [-0.39, 0.29) is 29.8 Å². The summed E-state index contributed by atoms with van der Waals surface area (Å²) in [6.45, 7) is 1.46. The largest absolute Gasteiger partial charge is 0.477 e. The van der Waals surface area contributed by atoms with Crippen LogP contribution in [0.1, 0.15) is 24.1 Å². The molecule has 1 aromatic rings. The number of nitrogens with two attached hydrogens (primary N) is 1. The Bertz CT molecular complexity index is 514. The third kappa shape index (κ3) is 4.07. The Balaban J connectivity index is 2.16. The number of halogens is 3. The molecule has 0 saturated carbocycles. The Morgan fingerprint density at radius 1 is 1.38 bits per heavy atom. The summed E-state index contributed by atoms with van der Waals surface area (Å²) in [7, 11) is 0. The Kier molecular flexibility index (Phi) is 4.66. The molecule has 1 fully saturated rings. The molecule has 2 rings (SSSR count). The number of nitrogens with zero attached hydrogens (tertiary/aromatic N) is 1. The summed E-state index contributed by atoms with van der Waals surface area (Å²) in [6.07, 6.45) is -2.99. The zero-order chi connectivity index (χ0) is 15.5. The highest BCUT2D eigenvalue weighted by Crippen LogP contribution is 2.30. The van der Waals surface area contributed by atoms with Crippen molar-refractivity contribution >= 4 is 5.84 Å². The molecule has 5 nitrogen and oxygen atoms in total. The first-order chi connectivity index (χ1) is 9.88. The van der Waals surface area contributed by atoms with Gasteiger partial charge in [0.05, 0.1) is 12.2 Å². The van der Waals surface area contributed by atoms with E-state index in [0.29, 0.717) is 13.2 Å². The minimum atomic E-state index is -4.56. The van der Waals surface area contributed by atoms with Crippen LogP contribution in [-0.4, -0.2) is 30.6 Å². The van der Waals surface area contributed by atoms with Crippen molar-refractivity contribution in [2.75, 3.05) is 19.8 Å². The lowest BCUT2D eigenvalue weighted by Gasteiger charge is -2.22. The highest BCUT2D eigenvalue weighted by atomic mass is 19.4. The molecule has 0 aliphatic carbocycles. The van der Waals surface area contributed by atoms with Gasteiger partial charge < -0.3 is 15.2 Å². The highest BCUT2D eigenvalue weighted by Gasteiger charge is 2.33. The van der Waals surface area contributed by atoms with Crippen LogP contribution in [-0.2, 0) is 10.9 Å². The van der Waals surface area contributed by atoms with Crippen LogP contribution >= 0.6 is 0 Å². The fourth-order valence-corrected chi connectivity index (χ4v) is 2.02. The average molecular weight is 303 g/mol. The van der Waals surface area contributed by atoms with Gasteiger partial charge in [-0.25, -0.2) is 4.98 Å². The predicted octanol–water partition coefficient (Wildman–Crippen LogP) is 2.19. The first-order valence-electron chi connectivity index (χ1n) is 6.51. The lowest BCUT2D eigenvalue weighted by atomic mass is 10.0. The number of hydrogen-bond acceptors (Lipinski definition) is 4. The molecule has 1 aromatic heterocycles. The van der Waals surface area contributed by atoms with Crippen LogP contribution < -0.4 is 10.5 Å². The van der Waals surface area contributed by atoms with Gasteiger partial charge in [-0.15, -0.1) is 0 Å². The standard InChI is InChI=1S/C13H16F3N3O2/c14-13(15,16)10-2-1-9(11(17)18)12(19-10)21-7-8-3-5-20-6-4-8/h1-2,8H,3-7H2,(H3,17,18). The van der Waals surface area contributed by atoms with E-state index in [1.54, 1.807) is 0 Å². The van der Waals surface area contributed by atoms with Crippen molar-refractivity contribution in [3.8, 4) is 5.88 Å². The molecule has 0 atom stereocenters. The maximum Gasteiger partial charge on any atom is 0.433 e. The van der Waals surface area contributed by atoms with Crippen LogP contribution in [0.5, 0.6) is 5.88 Å². The molecule has 1 saturated heterocycles. The van der Waals surface area contributed by atoms with E-state index in [1.807, 2.05) is 0 Å². The Morgan fingerprint density at radius 3 is 2.62 bits per heavy atom. The Morgan fingerprint density at radius 2 is 2.05 bits per heavy atom. The molecule has 2 heterocycles. The van der Waals surface area contributed by atoms with Crippen molar-refractivity contribution in [1.29, 1.82) is 5.41 Å². The van der Waals surface area contributed by atoms with Gasteiger partial charge in [0.1, 0.15) is 11.5 Å². The summed E-state index contributed by atoms with van der Waals surface area (Å²) >= 11 is 0. The van der Waals surface area contributed by atoms with Crippen molar-refractivity contribution in [3.05, 3.63) is 23.4 Å². The fourth-order valence-electron chi connectivity index (χ4n) is 2.02. The van der Waals surface area contributed by atoms with Gasteiger partial charge in [-0.1, -0.05) is 0 Å². The number of rotatable bonds is 4. The Hall–Kier alpha value is -1.83. The van der Waals surface area contributed by atoms with Crippen molar-refractivity contribution in [2.45, 2.75) is 19.0 Å². The molecule has 0 radical (unpaired) electrons. The molecule has 1 aliphatic rings. The molecular weight excluding hydrogens is 287 g/mol. The maximum absolute atomic E-state index is 12.7. The zero-order valence-electron chi connectivity index (χ0n) is 11.2. The number of amidine groups is 1. The minimum Gasteiger partial charge on any atom is -0.477 e. The molecule has 0 spiro atoms. The molecule has 3 N–H and O–H groups in total. The van der Waals surface area contributed by atoms with Crippen LogP contribution in [0.3, 0.4) is 0 Å². The van der Waals surface area contributed by atoms with Crippen LogP contribution in [0.4, 0.5) is 13.2 Å². The van der Waals surface area contributed by atoms with Gasteiger partial charge in [0, 0.05) is 13.2 Å². The minimum absolute atomic E-state index is 0.0649. The summed E-state index contributed by atoms with van der Waals surface area (Å²) in [5.41, 5.74) is 4.35. The van der Waals surface area contributed by atoms with Crippen molar-refractivity contribution in [1.82, 2.24) is 4.98 Å². The van der Waals surface area contributed by atoms with Gasteiger partial charge in [-0.3, -0.25) is 5.41 Å². The molecule has 0 unspecified atom stereocenters. The van der Waals surface area contributed by atoms with E-state index < -0.39 is 11.9 Å². The number of ether oxygens (including phenoxy) is 2. The molecule has 21 heavy (non-hydrogen) atoms. The monoisotopic (exact) mass is 303 g/mol. The van der Waals surface area contributed by atoms with E-state index >= 15 is 0 Å². The lowest BCUT2D eigenvalue weighted by Crippen LogP contribution is -2.23. The second-order valence-electron chi connectivity index (χ2n) is 4.83. The third-order valence-corrected chi connectivity index (χ3v) is 3.24. The molecule has 0 aromatic carbocycles. The van der Waals surface area contributed by atoms with Crippen LogP contribution in [0, 0.1) is 11.3 Å². The normalized spacial score (nSPS) is 16.7. The van der Waals surface area contributed by atoms with Crippen LogP contribution in [0.25, 0.3) is 0 Å². The second-order valence-corrected chi connectivity index (χ2v) is 4.83. The van der Waals surface area contributed by atoms with Gasteiger partial charge in [0.15, 0.2) is 0 Å². The van der Waals surface area contributed by atoms with E-state index in [2.05, 4.69) is 4.98 Å². The first kappa shape index (κ1) is 15.6. The van der Waals surface area contributed by atoms with E-state index in [9.17, 15) is 13.2 Å². The number of nitrogen functional groups attached to an aromatic ring is 1. The number of pyridine rings is 1. The number of alkyl halides is 3. The summed E-state index contributed by atoms with van der Waals surface area (Å²) in [4.78, 5) is 3.45. The van der Waals surface area contributed by atoms with E-state index in [0.717, 1.165) is 25.0 Å². The number of nitrogens with one attached hydrogen (secondary N) is 1. The fraction of sp³-hybridized carbons (Fsp3) is 0.538. The quantitative estimate of drug-likeness (QED) is 0.660. The second kappa shape index (κ2) is 6.30. The van der Waals surface area contributed by atoms with Gasteiger partial charge in [-0.2, -0.15) is 13.2 Å². The maximum atomic E-state index is 12.7. The average Bonchev–Trinajstić information content (AvgIpc) is 2.45. The van der Waals surface area contributed by atoms with Crippen LogP contribution in [0.15, 0.2) is 12.1 Å². The van der Waals surface area contributed by atoms with Crippen LogP contribution in [0.2, 0.25) is 0 Å². The zero-order valence-corrected chi connectivity index (χ0v) is 11.2. The molecular formula is C13H16F3N3O2. The smallest absolute Gasteiger partial charge is 0.433 e. The summed E-state index contributed by atoms with van der Waals surface area (Å²) in [5, 5.41) is 7.38. The number of aromatic nitrogens is 1. The molecule has 116 valence electrons. The van der Waals surface area contributed by atoms with Gasteiger partial charge in [0.25, 0.3) is 0 Å². The predicted molar refractivity (Wildman–Crippen MR) is 69.3 cm³/mol. The van der Waals surface area contributed by atoms with Gasteiger partial charge in [-0.05, 0) is 30.9 Å². The first-order valence-corrected chi connectivity index (χ1v) is 6.51. The van der Waals surface area contributed by atoms with Gasteiger partial charge in [0.2, 0.25) is 5.88 Å². The van der Waals surface area contributed by atoms with Crippen molar-refractivity contribution in [3.63, 3.8) is 0 Å². The molecule has 8 heteroatoms. The highest BCUT2D eigenvalue weighted by molar-refractivity contribution is 5.97. The van der Waals surface area contributed by atoms with Crippen molar-refractivity contribution in [2.24, 2.45) is 11.7 Å². The van der Waals surface area contributed by atoms with E-state index in [1.165, 1.54) is 0 Å². The SMILES string of the molecule is N=C(N)c1ccc(C(F)(F)F)nc1OCC1CCOCC1. The molecule has 1 aliphatic heterocycles. The van der Waals surface area contributed by atoms with E-state index in [4.69, 9.17) is 20.6 Å². The summed E-state index contributed by atoms with van der Waals surface area (Å²) < 4.78 is 48.6. The third-order valence-electron chi connectivity index (χ3n) is 3.24. The summed E-state index contributed by atoms with van der Waals surface area (Å²) in [5.74, 6) is -0.420. The molecule has 0 bridgehead atoms. The van der Waals surface area contributed by atoms with Crippen molar-refractivity contribution < 1.29 is 22.6 Å².